The number of aromatic nitrogens is 1. The molecule has 0 aliphatic rings. The molecule has 1 aromatic heterocycles. The van der Waals surface area contributed by atoms with Crippen LogP contribution in [0, 0.1) is 5.82 Å². The zero-order valence-electron chi connectivity index (χ0n) is 25.2. The van der Waals surface area contributed by atoms with Gasteiger partial charge in [0.05, 0.1) is 12.2 Å². The van der Waals surface area contributed by atoms with Crippen molar-refractivity contribution in [3.05, 3.63) is 107 Å². The second-order valence-electron chi connectivity index (χ2n) is 11.3. The van der Waals surface area contributed by atoms with Gasteiger partial charge in [-0.25, -0.2) is 4.39 Å². The highest BCUT2D eigenvalue weighted by molar-refractivity contribution is 6.05. The number of benzene rings is 3. The van der Waals surface area contributed by atoms with Crippen molar-refractivity contribution in [1.82, 2.24) is 9.88 Å². The molecule has 0 unspecified atom stereocenters. The minimum atomic E-state index is -1.41. The Balaban J connectivity index is 1.84. The summed E-state index contributed by atoms with van der Waals surface area (Å²) in [5.74, 6) is -2.79. The van der Waals surface area contributed by atoms with E-state index < -0.39 is 36.3 Å². The summed E-state index contributed by atoms with van der Waals surface area (Å²) in [7, 11) is 0. The molecule has 4 rings (SSSR count). The normalized spacial score (nSPS) is 12.6. The number of carboxylic acids is 1. The number of aliphatic hydroxyl groups excluding tert-OH is 2. The average Bonchev–Trinajstić information content (AvgIpc) is 3.35. The van der Waals surface area contributed by atoms with Gasteiger partial charge in [0.15, 0.2) is 0 Å². The summed E-state index contributed by atoms with van der Waals surface area (Å²) in [4.78, 5) is 36.8. The Labute approximate surface area is 261 Å². The van der Waals surface area contributed by atoms with Crippen molar-refractivity contribution in [2.45, 2.75) is 64.3 Å². The molecule has 0 aliphatic carbocycles. The third-order valence-electron chi connectivity index (χ3n) is 7.56. The Bertz CT molecular complexity index is 1650. The molecule has 0 radical (unpaired) electrons. The number of carbonyl (C=O) groups is 3. The SMILES string of the molecule is CC(C)n1c(CC[C@@H](O)C[C@@H](O)CC(=O)[O-])c(-c2ccc(F)cc2)c(-c2ccccc2)c1C(=O)NCc1cccc(C(N)=O)c1. The molecule has 0 saturated heterocycles. The number of aliphatic hydroxyl groups is 2. The molecule has 9 nitrogen and oxygen atoms in total. The molecular formula is C35H37FN3O6-. The Kier molecular flexibility index (Phi) is 10.9. The molecule has 236 valence electrons. The summed E-state index contributed by atoms with van der Waals surface area (Å²) in [6, 6.07) is 21.8. The van der Waals surface area contributed by atoms with Crippen LogP contribution in [0.2, 0.25) is 0 Å². The van der Waals surface area contributed by atoms with Gasteiger partial charge in [-0.15, -0.1) is 0 Å². The van der Waals surface area contributed by atoms with Gasteiger partial charge in [0.1, 0.15) is 11.5 Å². The van der Waals surface area contributed by atoms with E-state index in [0.29, 0.717) is 39.2 Å². The van der Waals surface area contributed by atoms with Gasteiger partial charge < -0.3 is 35.7 Å². The summed E-state index contributed by atoms with van der Waals surface area (Å²) in [6.45, 7) is 3.98. The lowest BCUT2D eigenvalue weighted by Gasteiger charge is -2.20. The molecular weight excluding hydrogens is 577 g/mol. The molecule has 4 aromatic rings. The van der Waals surface area contributed by atoms with Gasteiger partial charge in [-0.2, -0.15) is 0 Å². The fourth-order valence-electron chi connectivity index (χ4n) is 5.60. The highest BCUT2D eigenvalue weighted by Gasteiger charge is 2.30. The number of carbonyl (C=O) groups excluding carboxylic acids is 3. The van der Waals surface area contributed by atoms with E-state index in [2.05, 4.69) is 5.32 Å². The van der Waals surface area contributed by atoms with Crippen LogP contribution in [0.5, 0.6) is 0 Å². The Morgan fingerprint density at radius 2 is 1.58 bits per heavy atom. The van der Waals surface area contributed by atoms with Gasteiger partial charge in [0, 0.05) is 47.4 Å². The first-order valence-electron chi connectivity index (χ1n) is 14.8. The Morgan fingerprint density at radius 1 is 0.911 bits per heavy atom. The van der Waals surface area contributed by atoms with Crippen molar-refractivity contribution in [2.75, 3.05) is 0 Å². The van der Waals surface area contributed by atoms with E-state index in [1.165, 1.54) is 12.1 Å². The number of aliphatic carboxylic acids is 1. The van der Waals surface area contributed by atoms with Crippen LogP contribution in [0.4, 0.5) is 4.39 Å². The maximum atomic E-state index is 14.2. The molecule has 5 N–H and O–H groups in total. The second kappa shape index (κ2) is 14.8. The Morgan fingerprint density at radius 3 is 2.20 bits per heavy atom. The lowest BCUT2D eigenvalue weighted by atomic mass is 9.92. The van der Waals surface area contributed by atoms with Crippen LogP contribution in [0.3, 0.4) is 0 Å². The van der Waals surface area contributed by atoms with Crippen molar-refractivity contribution in [2.24, 2.45) is 5.73 Å². The van der Waals surface area contributed by atoms with E-state index in [1.54, 1.807) is 36.4 Å². The fourth-order valence-corrected chi connectivity index (χ4v) is 5.60. The van der Waals surface area contributed by atoms with Crippen molar-refractivity contribution in [1.29, 1.82) is 0 Å². The Hall–Kier alpha value is -4.80. The largest absolute Gasteiger partial charge is 0.550 e. The first-order chi connectivity index (χ1) is 21.5. The van der Waals surface area contributed by atoms with Crippen LogP contribution < -0.4 is 16.2 Å². The number of nitrogens with zero attached hydrogens (tertiary/aromatic N) is 1. The molecule has 0 spiro atoms. The number of carboxylic acid groups (broad SMARTS) is 1. The fraction of sp³-hybridized carbons (Fsp3) is 0.286. The van der Waals surface area contributed by atoms with E-state index >= 15 is 0 Å². The summed E-state index contributed by atoms with van der Waals surface area (Å²) < 4.78 is 16.0. The van der Waals surface area contributed by atoms with E-state index in [0.717, 1.165) is 5.56 Å². The number of hydrogen-bond donors (Lipinski definition) is 4. The van der Waals surface area contributed by atoms with Crippen LogP contribution in [-0.2, 0) is 17.8 Å². The second-order valence-corrected chi connectivity index (χ2v) is 11.3. The van der Waals surface area contributed by atoms with Crippen LogP contribution in [-0.4, -0.2) is 44.8 Å². The van der Waals surface area contributed by atoms with Crippen LogP contribution >= 0.6 is 0 Å². The van der Waals surface area contributed by atoms with Gasteiger partial charge in [-0.1, -0.05) is 54.6 Å². The number of primary amides is 1. The van der Waals surface area contributed by atoms with E-state index in [1.807, 2.05) is 48.7 Å². The number of amides is 2. The predicted octanol–water partition coefficient (Wildman–Crippen LogP) is 3.76. The number of hydrogen-bond acceptors (Lipinski definition) is 6. The molecule has 1 heterocycles. The maximum Gasteiger partial charge on any atom is 0.268 e. The van der Waals surface area contributed by atoms with Gasteiger partial charge in [0.2, 0.25) is 5.91 Å². The molecule has 0 fully saturated rings. The number of rotatable bonds is 14. The monoisotopic (exact) mass is 614 g/mol. The lowest BCUT2D eigenvalue weighted by molar-refractivity contribution is -0.307. The van der Waals surface area contributed by atoms with Gasteiger partial charge >= 0.3 is 0 Å². The van der Waals surface area contributed by atoms with Crippen molar-refractivity contribution in [3.8, 4) is 22.3 Å². The average molecular weight is 615 g/mol. The molecule has 3 aromatic carbocycles. The van der Waals surface area contributed by atoms with Crippen LogP contribution in [0.25, 0.3) is 22.3 Å². The third kappa shape index (κ3) is 8.23. The van der Waals surface area contributed by atoms with Crippen molar-refractivity contribution >= 4 is 17.8 Å². The first-order valence-corrected chi connectivity index (χ1v) is 14.8. The zero-order chi connectivity index (χ0) is 32.7. The smallest absolute Gasteiger partial charge is 0.268 e. The minimum Gasteiger partial charge on any atom is -0.550 e. The predicted molar refractivity (Wildman–Crippen MR) is 166 cm³/mol. The number of nitrogens with two attached hydrogens (primary N) is 1. The van der Waals surface area contributed by atoms with E-state index in [9.17, 15) is 34.1 Å². The summed E-state index contributed by atoms with van der Waals surface area (Å²) >= 11 is 0. The highest BCUT2D eigenvalue weighted by Crippen LogP contribution is 2.42. The molecule has 0 aliphatic heterocycles. The minimum absolute atomic E-state index is 0.119. The standard InChI is InChI=1S/C35H38FN3O6/c1-21(2)39-29(16-15-27(40)18-28(41)19-30(42)43)31(24-11-13-26(36)14-12-24)32(23-8-4-3-5-9-23)33(39)35(45)38-20-22-7-6-10-25(17-22)34(37)44/h3-14,17,21,27-28,40-41H,15-16,18-20H2,1-2H3,(H2,37,44)(H,38,45)(H,42,43)/p-1/t27-,28-/m1/s1. The van der Waals surface area contributed by atoms with E-state index in [-0.39, 0.29) is 37.8 Å². The quantitative estimate of drug-likeness (QED) is 0.169. The number of halogens is 1. The molecule has 0 saturated carbocycles. The number of nitrogens with one attached hydrogen (secondary N) is 1. The van der Waals surface area contributed by atoms with Crippen LogP contribution in [0.15, 0.2) is 78.9 Å². The van der Waals surface area contributed by atoms with Crippen LogP contribution in [0.1, 0.15) is 71.3 Å². The molecule has 0 bridgehead atoms. The first kappa shape index (κ1) is 33.1. The molecule has 45 heavy (non-hydrogen) atoms. The lowest BCUT2D eigenvalue weighted by Crippen LogP contribution is -2.29. The van der Waals surface area contributed by atoms with Crippen molar-refractivity contribution < 1.29 is 34.1 Å². The molecule has 2 amide bonds. The summed E-state index contributed by atoms with van der Waals surface area (Å²) in [5, 5.41) is 34.7. The van der Waals surface area contributed by atoms with Gasteiger partial charge in [-0.3, -0.25) is 9.59 Å². The topological polar surface area (TPSA) is 158 Å². The molecule has 2 atom stereocenters. The third-order valence-corrected chi connectivity index (χ3v) is 7.56. The molecule has 10 heteroatoms. The van der Waals surface area contributed by atoms with E-state index in [4.69, 9.17) is 5.73 Å². The van der Waals surface area contributed by atoms with Gasteiger partial charge in [0.25, 0.3) is 5.91 Å². The van der Waals surface area contributed by atoms with Crippen molar-refractivity contribution in [3.63, 3.8) is 0 Å². The maximum absolute atomic E-state index is 14.2. The highest BCUT2D eigenvalue weighted by atomic mass is 19.1. The summed E-state index contributed by atoms with van der Waals surface area (Å²) in [5.41, 5.74) is 10.3. The van der Waals surface area contributed by atoms with Gasteiger partial charge in [-0.05, 0) is 74.1 Å². The zero-order valence-corrected chi connectivity index (χ0v) is 25.2. The summed E-state index contributed by atoms with van der Waals surface area (Å²) in [6.07, 6.45) is -2.64.